The molecule has 1 aliphatic rings. The molecule has 0 radical (unpaired) electrons. The van der Waals surface area contributed by atoms with Crippen LogP contribution in [-0.2, 0) is 6.42 Å². The van der Waals surface area contributed by atoms with Gasteiger partial charge < -0.3 is 9.73 Å². The van der Waals surface area contributed by atoms with Crippen LogP contribution in [0.1, 0.15) is 70.1 Å². The van der Waals surface area contributed by atoms with E-state index >= 15 is 0 Å². The molecule has 0 bridgehead atoms. The van der Waals surface area contributed by atoms with Crippen molar-refractivity contribution in [3.8, 4) is 11.5 Å². The SMILES string of the molecule is CCC(CC)Nc1cc(-c2nc(C)co2)ccc1CC1CCCCC1. The molecule has 0 atom stereocenters. The fourth-order valence-corrected chi connectivity index (χ4v) is 3.92. The summed E-state index contributed by atoms with van der Waals surface area (Å²) in [6.45, 7) is 6.47. The van der Waals surface area contributed by atoms with Crippen LogP contribution in [0.3, 0.4) is 0 Å². The standard InChI is InChI=1S/C22H32N2O/c1-4-20(5-2)24-21-14-19(22-23-16(3)15-25-22)12-11-18(21)13-17-9-7-6-8-10-17/h11-12,14-15,17,20,24H,4-10,13H2,1-3H3. The highest BCUT2D eigenvalue weighted by atomic mass is 16.3. The maximum atomic E-state index is 5.61. The molecule has 3 nitrogen and oxygen atoms in total. The van der Waals surface area contributed by atoms with Crippen molar-refractivity contribution in [2.45, 2.75) is 78.2 Å². The minimum absolute atomic E-state index is 0.520. The monoisotopic (exact) mass is 340 g/mol. The molecule has 136 valence electrons. The zero-order chi connectivity index (χ0) is 17.6. The molecule has 2 aromatic rings. The third-order valence-corrected chi connectivity index (χ3v) is 5.55. The van der Waals surface area contributed by atoms with Crippen LogP contribution in [0.4, 0.5) is 5.69 Å². The molecule has 1 aromatic carbocycles. The first kappa shape index (κ1) is 18.0. The molecular formula is C22H32N2O. The van der Waals surface area contributed by atoms with E-state index in [2.05, 4.69) is 42.3 Å². The van der Waals surface area contributed by atoms with E-state index in [-0.39, 0.29) is 0 Å². The Morgan fingerprint density at radius 2 is 1.92 bits per heavy atom. The number of hydrogen-bond acceptors (Lipinski definition) is 3. The van der Waals surface area contributed by atoms with Gasteiger partial charge in [0.25, 0.3) is 0 Å². The number of rotatable bonds is 7. The van der Waals surface area contributed by atoms with Crippen LogP contribution in [0.2, 0.25) is 0 Å². The van der Waals surface area contributed by atoms with Gasteiger partial charge in [-0.05, 0) is 49.8 Å². The molecule has 25 heavy (non-hydrogen) atoms. The number of benzene rings is 1. The summed E-state index contributed by atoms with van der Waals surface area (Å²) in [5.41, 5.74) is 4.71. The molecule has 0 amide bonds. The summed E-state index contributed by atoms with van der Waals surface area (Å²) in [7, 11) is 0. The van der Waals surface area contributed by atoms with Gasteiger partial charge in [0, 0.05) is 17.3 Å². The Hall–Kier alpha value is -1.77. The topological polar surface area (TPSA) is 38.1 Å². The zero-order valence-corrected chi connectivity index (χ0v) is 16.0. The van der Waals surface area contributed by atoms with E-state index in [1.165, 1.54) is 49.8 Å². The third kappa shape index (κ3) is 4.65. The molecule has 0 aliphatic heterocycles. The Kier molecular flexibility index (Phi) is 6.17. The van der Waals surface area contributed by atoms with Gasteiger partial charge in [-0.1, -0.05) is 52.0 Å². The van der Waals surface area contributed by atoms with Gasteiger partial charge in [-0.15, -0.1) is 0 Å². The van der Waals surface area contributed by atoms with Crippen molar-refractivity contribution in [2.75, 3.05) is 5.32 Å². The van der Waals surface area contributed by atoms with Gasteiger partial charge in [-0.3, -0.25) is 0 Å². The molecule has 1 heterocycles. The number of aryl methyl sites for hydroxylation is 1. The lowest BCUT2D eigenvalue weighted by molar-refractivity contribution is 0.357. The average molecular weight is 341 g/mol. The number of nitrogens with zero attached hydrogens (tertiary/aromatic N) is 1. The number of oxazole rings is 1. The van der Waals surface area contributed by atoms with Crippen LogP contribution >= 0.6 is 0 Å². The zero-order valence-electron chi connectivity index (χ0n) is 16.0. The number of aromatic nitrogens is 1. The van der Waals surface area contributed by atoms with E-state index in [9.17, 15) is 0 Å². The molecule has 1 saturated carbocycles. The Morgan fingerprint density at radius 3 is 2.56 bits per heavy atom. The fourth-order valence-electron chi connectivity index (χ4n) is 3.92. The molecule has 0 unspecified atom stereocenters. The third-order valence-electron chi connectivity index (χ3n) is 5.55. The second kappa shape index (κ2) is 8.55. The van der Waals surface area contributed by atoms with Gasteiger partial charge in [0.05, 0.1) is 5.69 Å². The van der Waals surface area contributed by atoms with E-state index in [0.29, 0.717) is 11.9 Å². The van der Waals surface area contributed by atoms with Crippen molar-refractivity contribution in [3.05, 3.63) is 35.7 Å². The van der Waals surface area contributed by atoms with Crippen LogP contribution in [0.25, 0.3) is 11.5 Å². The summed E-state index contributed by atoms with van der Waals surface area (Å²) in [5, 5.41) is 3.78. The van der Waals surface area contributed by atoms with E-state index in [0.717, 1.165) is 30.0 Å². The highest BCUT2D eigenvalue weighted by molar-refractivity contribution is 5.65. The smallest absolute Gasteiger partial charge is 0.226 e. The Bertz CT molecular complexity index is 666. The molecular weight excluding hydrogens is 308 g/mol. The van der Waals surface area contributed by atoms with E-state index in [4.69, 9.17) is 4.42 Å². The molecule has 0 spiro atoms. The summed E-state index contributed by atoms with van der Waals surface area (Å²) in [6.07, 6.45) is 12.2. The van der Waals surface area contributed by atoms with Crippen molar-refractivity contribution in [3.63, 3.8) is 0 Å². The fraction of sp³-hybridized carbons (Fsp3) is 0.591. The lowest BCUT2D eigenvalue weighted by Gasteiger charge is -2.25. The van der Waals surface area contributed by atoms with Crippen LogP contribution in [0.15, 0.2) is 28.9 Å². The van der Waals surface area contributed by atoms with Crippen LogP contribution in [-0.4, -0.2) is 11.0 Å². The second-order valence-corrected chi connectivity index (χ2v) is 7.53. The van der Waals surface area contributed by atoms with Gasteiger partial charge in [-0.25, -0.2) is 4.98 Å². The Labute approximate surface area is 152 Å². The van der Waals surface area contributed by atoms with Crippen molar-refractivity contribution in [2.24, 2.45) is 5.92 Å². The van der Waals surface area contributed by atoms with E-state index in [1.54, 1.807) is 6.26 Å². The summed E-state index contributed by atoms with van der Waals surface area (Å²) >= 11 is 0. The van der Waals surface area contributed by atoms with Crippen LogP contribution in [0.5, 0.6) is 0 Å². The van der Waals surface area contributed by atoms with Crippen LogP contribution < -0.4 is 5.32 Å². The Balaban J connectivity index is 1.86. The van der Waals surface area contributed by atoms with E-state index < -0.39 is 0 Å². The first-order chi connectivity index (χ1) is 12.2. The second-order valence-electron chi connectivity index (χ2n) is 7.53. The van der Waals surface area contributed by atoms with Gasteiger partial charge >= 0.3 is 0 Å². The van der Waals surface area contributed by atoms with Gasteiger partial charge in [-0.2, -0.15) is 0 Å². The van der Waals surface area contributed by atoms with Gasteiger partial charge in [0.2, 0.25) is 5.89 Å². The Morgan fingerprint density at radius 1 is 1.16 bits per heavy atom. The highest BCUT2D eigenvalue weighted by Crippen LogP contribution is 2.32. The maximum Gasteiger partial charge on any atom is 0.226 e. The lowest BCUT2D eigenvalue weighted by Crippen LogP contribution is -2.19. The number of anilines is 1. The maximum absolute atomic E-state index is 5.61. The van der Waals surface area contributed by atoms with Gasteiger partial charge in [0.15, 0.2) is 0 Å². The summed E-state index contributed by atoms with van der Waals surface area (Å²) < 4.78 is 5.61. The molecule has 0 saturated heterocycles. The molecule has 1 N–H and O–H groups in total. The van der Waals surface area contributed by atoms with Crippen LogP contribution in [0, 0.1) is 12.8 Å². The molecule has 1 aromatic heterocycles. The lowest BCUT2D eigenvalue weighted by atomic mass is 9.84. The summed E-state index contributed by atoms with van der Waals surface area (Å²) in [6, 6.07) is 7.21. The largest absolute Gasteiger partial charge is 0.444 e. The molecule has 3 rings (SSSR count). The highest BCUT2D eigenvalue weighted by Gasteiger charge is 2.18. The van der Waals surface area contributed by atoms with Crippen molar-refractivity contribution in [1.29, 1.82) is 0 Å². The predicted molar refractivity (Wildman–Crippen MR) is 105 cm³/mol. The van der Waals surface area contributed by atoms with E-state index in [1.807, 2.05) is 6.92 Å². The predicted octanol–water partition coefficient (Wildman–Crippen LogP) is 6.37. The molecule has 1 fully saturated rings. The van der Waals surface area contributed by atoms with Gasteiger partial charge in [0.1, 0.15) is 6.26 Å². The summed E-state index contributed by atoms with van der Waals surface area (Å²) in [4.78, 5) is 4.49. The number of nitrogens with one attached hydrogen (secondary N) is 1. The van der Waals surface area contributed by atoms with Crippen molar-refractivity contribution >= 4 is 5.69 Å². The van der Waals surface area contributed by atoms with Crippen molar-refractivity contribution < 1.29 is 4.42 Å². The van der Waals surface area contributed by atoms with Crippen molar-refractivity contribution in [1.82, 2.24) is 4.98 Å². The first-order valence-electron chi connectivity index (χ1n) is 10.0. The minimum atomic E-state index is 0.520. The average Bonchev–Trinajstić information content (AvgIpc) is 3.08. The normalized spacial score (nSPS) is 15.7. The minimum Gasteiger partial charge on any atom is -0.444 e. The quantitative estimate of drug-likeness (QED) is 0.636. The summed E-state index contributed by atoms with van der Waals surface area (Å²) in [5.74, 6) is 1.56. The molecule has 1 aliphatic carbocycles. The first-order valence-corrected chi connectivity index (χ1v) is 10.0. The molecule has 3 heteroatoms. The number of hydrogen-bond donors (Lipinski definition) is 1.